The van der Waals surface area contributed by atoms with E-state index >= 15 is 0 Å². The number of hydrogen-bond donors (Lipinski definition) is 1. The van der Waals surface area contributed by atoms with Crippen molar-refractivity contribution < 1.29 is 13.2 Å². The molecule has 0 aliphatic carbocycles. The normalized spacial score (nSPS) is 11.1. The van der Waals surface area contributed by atoms with E-state index in [0.717, 1.165) is 0 Å². The summed E-state index contributed by atoms with van der Waals surface area (Å²) in [7, 11) is -3.61. The van der Waals surface area contributed by atoms with Crippen LogP contribution in [0.1, 0.15) is 6.42 Å². The summed E-state index contributed by atoms with van der Waals surface area (Å²) in [6.07, 6.45) is 2.75. The van der Waals surface area contributed by atoms with Crippen molar-refractivity contribution in [2.24, 2.45) is 0 Å². The van der Waals surface area contributed by atoms with Crippen LogP contribution >= 0.6 is 11.6 Å². The molecule has 1 aromatic carbocycles. The van der Waals surface area contributed by atoms with Gasteiger partial charge in [-0.05, 0) is 18.2 Å². The van der Waals surface area contributed by atoms with Crippen LogP contribution in [-0.2, 0) is 14.6 Å². The highest BCUT2D eigenvalue weighted by molar-refractivity contribution is 7.91. The van der Waals surface area contributed by atoms with E-state index in [1.807, 2.05) is 0 Å². The Morgan fingerprint density at radius 1 is 1.14 bits per heavy atom. The second-order valence-corrected chi connectivity index (χ2v) is 6.60. The minimum atomic E-state index is -3.61. The fourth-order valence-corrected chi connectivity index (χ4v) is 3.40. The smallest absolute Gasteiger partial charge is 0.229 e. The lowest BCUT2D eigenvalue weighted by molar-refractivity contribution is -0.115. The molecular formula is C13H12ClN3O3S. The van der Waals surface area contributed by atoms with Gasteiger partial charge in [0.1, 0.15) is 0 Å². The fraction of sp³-hybridized carbons (Fsp3) is 0.154. The number of nitrogens with zero attached hydrogens (tertiary/aromatic N) is 2. The van der Waals surface area contributed by atoms with Gasteiger partial charge in [-0.25, -0.2) is 18.4 Å². The number of hydrogen-bond acceptors (Lipinski definition) is 5. The van der Waals surface area contributed by atoms with Crippen LogP contribution in [0.5, 0.6) is 0 Å². The number of nitrogens with one attached hydrogen (secondary N) is 1. The first-order valence-electron chi connectivity index (χ1n) is 6.03. The molecule has 6 nitrogen and oxygen atoms in total. The van der Waals surface area contributed by atoms with Crippen LogP contribution in [0.15, 0.2) is 47.6 Å². The molecule has 0 aliphatic heterocycles. The highest BCUT2D eigenvalue weighted by Gasteiger charge is 2.19. The molecule has 0 unspecified atom stereocenters. The molecule has 21 heavy (non-hydrogen) atoms. The van der Waals surface area contributed by atoms with Crippen LogP contribution in [0.4, 0.5) is 5.95 Å². The zero-order valence-corrected chi connectivity index (χ0v) is 12.4. The quantitative estimate of drug-likeness (QED) is 0.907. The van der Waals surface area contributed by atoms with Crippen LogP contribution in [0.3, 0.4) is 0 Å². The molecule has 1 N–H and O–H groups in total. The van der Waals surface area contributed by atoms with E-state index in [9.17, 15) is 13.2 Å². The number of rotatable bonds is 5. The third-order valence-electron chi connectivity index (χ3n) is 2.59. The molecule has 2 rings (SSSR count). The summed E-state index contributed by atoms with van der Waals surface area (Å²) in [6.45, 7) is 0. The van der Waals surface area contributed by atoms with Crippen LogP contribution in [-0.4, -0.2) is 30.0 Å². The van der Waals surface area contributed by atoms with Gasteiger partial charge >= 0.3 is 0 Å². The van der Waals surface area contributed by atoms with Crippen molar-refractivity contribution >= 4 is 33.3 Å². The van der Waals surface area contributed by atoms with Crippen molar-refractivity contribution in [2.45, 2.75) is 11.3 Å². The van der Waals surface area contributed by atoms with E-state index in [2.05, 4.69) is 15.3 Å². The molecule has 0 spiro atoms. The van der Waals surface area contributed by atoms with E-state index in [4.69, 9.17) is 11.6 Å². The number of amides is 1. The summed E-state index contributed by atoms with van der Waals surface area (Å²) < 4.78 is 24.2. The molecule has 110 valence electrons. The van der Waals surface area contributed by atoms with Crippen molar-refractivity contribution in [3.63, 3.8) is 0 Å². The van der Waals surface area contributed by atoms with Crippen molar-refractivity contribution in [1.29, 1.82) is 0 Å². The average molecular weight is 326 g/mol. The van der Waals surface area contributed by atoms with Gasteiger partial charge in [0, 0.05) is 18.8 Å². The maximum atomic E-state index is 12.1. The molecule has 0 saturated carbocycles. The summed E-state index contributed by atoms with van der Waals surface area (Å²) in [5, 5.41) is 2.56. The molecule has 0 radical (unpaired) electrons. The molecule has 1 amide bonds. The number of anilines is 1. The molecule has 0 fully saturated rings. The Balaban J connectivity index is 1.99. The van der Waals surface area contributed by atoms with Crippen molar-refractivity contribution in [1.82, 2.24) is 9.97 Å². The first-order chi connectivity index (χ1) is 9.99. The minimum absolute atomic E-state index is 0.0235. The topological polar surface area (TPSA) is 89.0 Å². The lowest BCUT2D eigenvalue weighted by atomic mass is 10.4. The third-order valence-corrected chi connectivity index (χ3v) is 4.80. The highest BCUT2D eigenvalue weighted by Crippen LogP contribution is 2.22. The lowest BCUT2D eigenvalue weighted by Gasteiger charge is -2.06. The molecule has 8 heteroatoms. The predicted octanol–water partition coefficient (Wildman–Crippen LogP) is 1.93. The number of carbonyl (C=O) groups excluding carboxylic acids is 1. The molecule has 0 saturated heterocycles. The van der Waals surface area contributed by atoms with Gasteiger partial charge in [-0.3, -0.25) is 10.1 Å². The van der Waals surface area contributed by atoms with Gasteiger partial charge < -0.3 is 0 Å². The number of sulfone groups is 1. The monoisotopic (exact) mass is 325 g/mol. The Morgan fingerprint density at radius 2 is 1.81 bits per heavy atom. The zero-order valence-electron chi connectivity index (χ0n) is 10.9. The van der Waals surface area contributed by atoms with Gasteiger partial charge in [-0.2, -0.15) is 0 Å². The Morgan fingerprint density at radius 3 is 2.48 bits per heavy atom. The summed E-state index contributed by atoms with van der Waals surface area (Å²) in [4.78, 5) is 19.4. The molecule has 0 aliphatic rings. The predicted molar refractivity (Wildman–Crippen MR) is 78.8 cm³/mol. The first kappa shape index (κ1) is 15.4. The van der Waals surface area contributed by atoms with Gasteiger partial charge in [0.25, 0.3) is 0 Å². The Hall–Kier alpha value is -1.99. The van der Waals surface area contributed by atoms with Gasteiger partial charge in [0.2, 0.25) is 11.9 Å². The van der Waals surface area contributed by atoms with Crippen LogP contribution in [0.2, 0.25) is 5.02 Å². The summed E-state index contributed by atoms with van der Waals surface area (Å²) >= 11 is 5.85. The standard InChI is InChI=1S/C13H12ClN3O3S/c14-10-4-1-2-5-11(10)21(19,20)9-6-12(18)17-13-15-7-3-8-16-13/h1-5,7-8H,6,9H2,(H,15,16,17,18). The van der Waals surface area contributed by atoms with E-state index in [1.165, 1.54) is 24.5 Å². The maximum Gasteiger partial charge on any atom is 0.229 e. The minimum Gasteiger partial charge on any atom is -0.295 e. The lowest BCUT2D eigenvalue weighted by Crippen LogP contribution is -2.18. The zero-order chi connectivity index (χ0) is 15.3. The van der Waals surface area contributed by atoms with Crippen molar-refractivity contribution in [3.05, 3.63) is 47.7 Å². The van der Waals surface area contributed by atoms with E-state index in [-0.39, 0.29) is 28.0 Å². The second-order valence-electron chi connectivity index (χ2n) is 4.12. The van der Waals surface area contributed by atoms with Crippen LogP contribution in [0, 0.1) is 0 Å². The molecule has 0 bridgehead atoms. The number of carbonyl (C=O) groups is 1. The van der Waals surface area contributed by atoms with Gasteiger partial charge in [-0.15, -0.1) is 0 Å². The maximum absolute atomic E-state index is 12.1. The first-order valence-corrected chi connectivity index (χ1v) is 8.06. The molecule has 2 aromatic rings. The SMILES string of the molecule is O=C(CCS(=O)(=O)c1ccccc1Cl)Nc1ncccn1. The van der Waals surface area contributed by atoms with Crippen LogP contribution in [0.25, 0.3) is 0 Å². The second kappa shape index (κ2) is 6.64. The summed E-state index contributed by atoms with van der Waals surface area (Å²) in [6, 6.07) is 7.73. The van der Waals surface area contributed by atoms with Gasteiger partial charge in [0.05, 0.1) is 15.7 Å². The molecule has 1 aromatic heterocycles. The molecule has 1 heterocycles. The highest BCUT2D eigenvalue weighted by atomic mass is 35.5. The average Bonchev–Trinajstić information content (AvgIpc) is 2.47. The largest absolute Gasteiger partial charge is 0.295 e. The number of benzene rings is 1. The van der Waals surface area contributed by atoms with E-state index in [0.29, 0.717) is 0 Å². The Labute approximate surface area is 127 Å². The van der Waals surface area contributed by atoms with Gasteiger partial charge in [0.15, 0.2) is 9.84 Å². The van der Waals surface area contributed by atoms with Crippen LogP contribution < -0.4 is 5.32 Å². The van der Waals surface area contributed by atoms with E-state index in [1.54, 1.807) is 18.2 Å². The van der Waals surface area contributed by atoms with Crippen molar-refractivity contribution in [2.75, 3.05) is 11.1 Å². The number of halogens is 1. The number of aromatic nitrogens is 2. The van der Waals surface area contributed by atoms with E-state index < -0.39 is 15.7 Å². The van der Waals surface area contributed by atoms with Gasteiger partial charge in [-0.1, -0.05) is 23.7 Å². The summed E-state index contributed by atoms with van der Waals surface area (Å²) in [5.74, 6) is -0.676. The van der Waals surface area contributed by atoms with Crippen molar-refractivity contribution in [3.8, 4) is 0 Å². The Bertz CT molecular complexity index is 735. The summed E-state index contributed by atoms with van der Waals surface area (Å²) in [5.41, 5.74) is 0. The molecular weight excluding hydrogens is 314 g/mol. The third kappa shape index (κ3) is 4.24. The fourth-order valence-electron chi connectivity index (χ4n) is 1.58. The molecule has 0 atom stereocenters. The Kier molecular flexibility index (Phi) is 4.87.